The zero-order chi connectivity index (χ0) is 13.8. The number of methoxy groups -OCH3 is 1. The molecule has 1 aromatic carbocycles. The highest BCUT2D eigenvalue weighted by atomic mass is 19.4. The molecule has 0 aromatic heterocycles. The van der Waals surface area contributed by atoms with Crippen molar-refractivity contribution in [1.82, 2.24) is 0 Å². The number of esters is 1. The van der Waals surface area contributed by atoms with Gasteiger partial charge in [-0.2, -0.15) is 13.2 Å². The summed E-state index contributed by atoms with van der Waals surface area (Å²) in [5.41, 5.74) is 0.135. The van der Waals surface area contributed by atoms with Gasteiger partial charge >= 0.3 is 12.1 Å². The maximum Gasteiger partial charge on any atom is 0.402 e. The molecule has 0 heterocycles. The molecule has 0 aliphatic rings. The van der Waals surface area contributed by atoms with Gasteiger partial charge in [0, 0.05) is 12.0 Å². The van der Waals surface area contributed by atoms with Crippen LogP contribution < -0.4 is 0 Å². The fourth-order valence-corrected chi connectivity index (χ4v) is 1.40. The number of halogens is 3. The third-order valence-electron chi connectivity index (χ3n) is 2.37. The van der Waals surface area contributed by atoms with Gasteiger partial charge in [0.15, 0.2) is 11.7 Å². The van der Waals surface area contributed by atoms with E-state index in [1.807, 2.05) is 0 Å². The summed E-state index contributed by atoms with van der Waals surface area (Å²) in [6, 6.07) is 7.50. The van der Waals surface area contributed by atoms with Gasteiger partial charge in [0.2, 0.25) is 0 Å². The largest absolute Gasteiger partial charge is 0.469 e. The molecule has 1 rings (SSSR count). The van der Waals surface area contributed by atoms with Gasteiger partial charge in [-0.3, -0.25) is 9.59 Å². The monoisotopic (exact) mass is 260 g/mol. The van der Waals surface area contributed by atoms with Gasteiger partial charge in [-0.05, 0) is 0 Å². The molecule has 0 saturated carbocycles. The summed E-state index contributed by atoms with van der Waals surface area (Å²) in [6.07, 6.45) is -5.74. The fourth-order valence-electron chi connectivity index (χ4n) is 1.40. The van der Waals surface area contributed by atoms with E-state index in [0.717, 1.165) is 7.11 Å². The van der Waals surface area contributed by atoms with Crippen LogP contribution >= 0.6 is 0 Å². The van der Waals surface area contributed by atoms with Crippen molar-refractivity contribution in [3.05, 3.63) is 35.9 Å². The number of ketones is 1. The predicted molar refractivity (Wildman–Crippen MR) is 57.0 cm³/mol. The van der Waals surface area contributed by atoms with Crippen molar-refractivity contribution in [2.75, 3.05) is 7.11 Å². The molecule has 0 amide bonds. The van der Waals surface area contributed by atoms with Crippen molar-refractivity contribution in [3.8, 4) is 0 Å². The molecule has 18 heavy (non-hydrogen) atoms. The number of alkyl halides is 3. The number of carbonyl (C=O) groups is 2. The molecule has 0 radical (unpaired) electrons. The van der Waals surface area contributed by atoms with E-state index in [1.165, 1.54) is 24.3 Å². The van der Waals surface area contributed by atoms with E-state index in [-0.39, 0.29) is 5.56 Å². The highest BCUT2D eigenvalue weighted by Crippen LogP contribution is 2.30. The van der Waals surface area contributed by atoms with E-state index in [9.17, 15) is 22.8 Å². The lowest BCUT2D eigenvalue weighted by Gasteiger charge is -2.17. The standard InChI is InChI=1S/C12H11F3O3/c1-18-11(17)9(12(13,14)15)7-10(16)8-5-3-2-4-6-8/h2-6,9H,7H2,1H3. The summed E-state index contributed by atoms with van der Waals surface area (Å²) in [4.78, 5) is 22.6. The van der Waals surface area contributed by atoms with Crippen molar-refractivity contribution < 1.29 is 27.5 Å². The van der Waals surface area contributed by atoms with Crippen molar-refractivity contribution in [3.63, 3.8) is 0 Å². The van der Waals surface area contributed by atoms with Gasteiger partial charge in [0.1, 0.15) is 0 Å². The first kappa shape index (κ1) is 14.2. The van der Waals surface area contributed by atoms with Crippen molar-refractivity contribution >= 4 is 11.8 Å². The Bertz CT molecular complexity index is 426. The van der Waals surface area contributed by atoms with Crippen LogP contribution in [0.25, 0.3) is 0 Å². The van der Waals surface area contributed by atoms with E-state index in [1.54, 1.807) is 6.07 Å². The Labute approximate surface area is 102 Å². The normalized spacial score (nSPS) is 12.9. The van der Waals surface area contributed by atoms with Crippen LogP contribution in [0.15, 0.2) is 30.3 Å². The van der Waals surface area contributed by atoms with Crippen molar-refractivity contribution in [2.45, 2.75) is 12.6 Å². The molecule has 0 bridgehead atoms. The Hall–Kier alpha value is -1.85. The number of Topliss-reactive ketones (excluding diaryl/α,β-unsaturated/α-hetero) is 1. The van der Waals surface area contributed by atoms with E-state index < -0.39 is 30.3 Å². The summed E-state index contributed by atoms with van der Waals surface area (Å²) in [5.74, 6) is -4.62. The highest BCUT2D eigenvalue weighted by molar-refractivity contribution is 5.98. The molecule has 0 aliphatic heterocycles. The van der Waals surface area contributed by atoms with Gasteiger partial charge in [0.25, 0.3) is 0 Å². The first-order valence-electron chi connectivity index (χ1n) is 5.09. The maximum atomic E-state index is 12.6. The molecule has 0 fully saturated rings. The summed E-state index contributed by atoms with van der Waals surface area (Å²) < 4.78 is 41.8. The molecular formula is C12H11F3O3. The minimum Gasteiger partial charge on any atom is -0.469 e. The SMILES string of the molecule is COC(=O)C(CC(=O)c1ccccc1)C(F)(F)F. The van der Waals surface area contributed by atoms with Gasteiger partial charge in [-0.15, -0.1) is 0 Å². The average molecular weight is 260 g/mol. The second kappa shape index (κ2) is 5.66. The Morgan fingerprint density at radius 3 is 2.22 bits per heavy atom. The minimum absolute atomic E-state index is 0.135. The molecule has 0 spiro atoms. The summed E-state index contributed by atoms with van der Waals surface area (Å²) in [5, 5.41) is 0. The van der Waals surface area contributed by atoms with Crippen LogP contribution in [0, 0.1) is 5.92 Å². The van der Waals surface area contributed by atoms with Gasteiger partial charge in [-0.25, -0.2) is 0 Å². The minimum atomic E-state index is -4.79. The molecule has 1 unspecified atom stereocenters. The molecule has 1 atom stereocenters. The zero-order valence-corrected chi connectivity index (χ0v) is 9.53. The van der Waals surface area contributed by atoms with E-state index in [0.29, 0.717) is 0 Å². The average Bonchev–Trinajstić information content (AvgIpc) is 2.34. The Kier molecular flexibility index (Phi) is 4.47. The van der Waals surface area contributed by atoms with Crippen LogP contribution in [0.4, 0.5) is 13.2 Å². The lowest BCUT2D eigenvalue weighted by Crippen LogP contribution is -2.33. The summed E-state index contributed by atoms with van der Waals surface area (Å²) in [6.45, 7) is 0. The number of hydrogen-bond acceptors (Lipinski definition) is 3. The summed E-state index contributed by atoms with van der Waals surface area (Å²) >= 11 is 0. The zero-order valence-electron chi connectivity index (χ0n) is 9.53. The molecule has 0 saturated heterocycles. The van der Waals surface area contributed by atoms with Crippen LogP contribution in [-0.2, 0) is 9.53 Å². The number of ether oxygens (including phenoxy) is 1. The summed E-state index contributed by atoms with van der Waals surface area (Å²) in [7, 11) is 0.855. The lowest BCUT2D eigenvalue weighted by molar-refractivity contribution is -0.195. The first-order chi connectivity index (χ1) is 8.36. The number of benzene rings is 1. The third kappa shape index (κ3) is 3.58. The highest BCUT2D eigenvalue weighted by Gasteiger charge is 2.46. The molecule has 0 aliphatic carbocycles. The second-order valence-corrected chi connectivity index (χ2v) is 3.61. The lowest BCUT2D eigenvalue weighted by atomic mass is 9.98. The molecule has 98 valence electrons. The second-order valence-electron chi connectivity index (χ2n) is 3.61. The van der Waals surface area contributed by atoms with Crippen LogP contribution in [0.3, 0.4) is 0 Å². The van der Waals surface area contributed by atoms with Gasteiger partial charge in [0.05, 0.1) is 7.11 Å². The van der Waals surface area contributed by atoms with E-state index >= 15 is 0 Å². The van der Waals surface area contributed by atoms with Crippen LogP contribution in [0.1, 0.15) is 16.8 Å². The van der Waals surface area contributed by atoms with Crippen molar-refractivity contribution in [2.24, 2.45) is 5.92 Å². The predicted octanol–water partition coefficient (Wildman–Crippen LogP) is 2.61. The molecule has 3 nitrogen and oxygen atoms in total. The van der Waals surface area contributed by atoms with Gasteiger partial charge in [-0.1, -0.05) is 30.3 Å². The van der Waals surface area contributed by atoms with Crippen LogP contribution in [-0.4, -0.2) is 25.0 Å². The maximum absolute atomic E-state index is 12.6. The van der Waals surface area contributed by atoms with Crippen LogP contribution in [0.5, 0.6) is 0 Å². The van der Waals surface area contributed by atoms with Crippen molar-refractivity contribution in [1.29, 1.82) is 0 Å². The number of hydrogen-bond donors (Lipinski definition) is 0. The third-order valence-corrected chi connectivity index (χ3v) is 2.37. The molecular weight excluding hydrogens is 249 g/mol. The number of rotatable bonds is 4. The number of carbonyl (C=O) groups excluding carboxylic acids is 2. The van der Waals surface area contributed by atoms with Crippen LogP contribution in [0.2, 0.25) is 0 Å². The first-order valence-corrected chi connectivity index (χ1v) is 5.09. The van der Waals surface area contributed by atoms with E-state index in [4.69, 9.17) is 0 Å². The van der Waals surface area contributed by atoms with Gasteiger partial charge < -0.3 is 4.74 Å². The molecule has 1 aromatic rings. The topological polar surface area (TPSA) is 43.4 Å². The Morgan fingerprint density at radius 1 is 1.22 bits per heavy atom. The fraction of sp³-hybridized carbons (Fsp3) is 0.333. The Balaban J connectivity index is 2.86. The van der Waals surface area contributed by atoms with E-state index in [2.05, 4.69) is 4.74 Å². The molecule has 6 heteroatoms. The quantitative estimate of drug-likeness (QED) is 0.617. The molecule has 0 N–H and O–H groups in total. The Morgan fingerprint density at radius 2 is 1.78 bits per heavy atom. The smallest absolute Gasteiger partial charge is 0.402 e.